The third-order valence-electron chi connectivity index (χ3n) is 3.46. The predicted octanol–water partition coefficient (Wildman–Crippen LogP) is 3.94. The Morgan fingerprint density at radius 1 is 1.48 bits per heavy atom. The first-order valence-electron chi connectivity index (χ1n) is 7.23. The maximum atomic E-state index is 11.9. The second kappa shape index (κ2) is 6.55. The molecule has 1 fully saturated rings. The molecule has 21 heavy (non-hydrogen) atoms. The number of nitrogens with one attached hydrogen (secondary N) is 2. The molecule has 4 nitrogen and oxygen atoms in total. The number of halogens is 1. The highest BCUT2D eigenvalue weighted by atomic mass is 35.5. The highest BCUT2D eigenvalue weighted by Crippen LogP contribution is 2.31. The summed E-state index contributed by atoms with van der Waals surface area (Å²) in [5.41, 5.74) is -0.625. The molecule has 6 heteroatoms. The van der Waals surface area contributed by atoms with Gasteiger partial charge in [-0.1, -0.05) is 11.6 Å². The van der Waals surface area contributed by atoms with Crippen molar-refractivity contribution in [2.24, 2.45) is 0 Å². The second-order valence-electron chi connectivity index (χ2n) is 6.60. The van der Waals surface area contributed by atoms with Crippen LogP contribution in [0.15, 0.2) is 11.4 Å². The summed E-state index contributed by atoms with van der Waals surface area (Å²) < 4.78 is 5.34. The highest BCUT2D eigenvalue weighted by molar-refractivity contribution is 7.10. The van der Waals surface area contributed by atoms with E-state index >= 15 is 0 Å². The Labute approximate surface area is 135 Å². The van der Waals surface area contributed by atoms with Gasteiger partial charge in [-0.2, -0.15) is 0 Å². The van der Waals surface area contributed by atoms with Crippen molar-refractivity contribution in [1.82, 2.24) is 10.6 Å². The Bertz CT molecular complexity index is 492. The quantitative estimate of drug-likeness (QED) is 0.859. The topological polar surface area (TPSA) is 50.4 Å². The van der Waals surface area contributed by atoms with Crippen molar-refractivity contribution >= 4 is 29.0 Å². The minimum Gasteiger partial charge on any atom is -0.444 e. The second-order valence-corrected chi connectivity index (χ2v) is 8.03. The summed E-state index contributed by atoms with van der Waals surface area (Å²) in [6.45, 7) is 7.15. The largest absolute Gasteiger partial charge is 0.444 e. The van der Waals surface area contributed by atoms with E-state index in [4.69, 9.17) is 16.3 Å². The average molecular weight is 331 g/mol. The molecule has 0 spiro atoms. The van der Waals surface area contributed by atoms with Gasteiger partial charge in [0.15, 0.2) is 0 Å². The Morgan fingerprint density at radius 3 is 2.67 bits per heavy atom. The van der Waals surface area contributed by atoms with Crippen molar-refractivity contribution in [3.63, 3.8) is 0 Å². The smallest absolute Gasteiger partial charge is 0.408 e. The van der Waals surface area contributed by atoms with Crippen molar-refractivity contribution in [2.75, 3.05) is 6.54 Å². The molecule has 1 saturated carbocycles. The van der Waals surface area contributed by atoms with Crippen molar-refractivity contribution in [3.05, 3.63) is 21.3 Å². The fourth-order valence-corrected chi connectivity index (χ4v) is 3.38. The lowest BCUT2D eigenvalue weighted by atomic mass is 9.76. The molecule has 1 heterocycles. The lowest BCUT2D eigenvalue weighted by Gasteiger charge is -2.42. The van der Waals surface area contributed by atoms with Crippen LogP contribution in [0.3, 0.4) is 0 Å². The predicted molar refractivity (Wildman–Crippen MR) is 87.0 cm³/mol. The zero-order valence-corrected chi connectivity index (χ0v) is 14.4. The molecular weight excluding hydrogens is 308 g/mol. The summed E-state index contributed by atoms with van der Waals surface area (Å²) in [6.07, 6.45) is 2.79. The zero-order valence-electron chi connectivity index (χ0n) is 12.8. The molecule has 1 amide bonds. The number of alkyl carbamates (subject to hydrolysis) is 1. The Kier molecular flexibility index (Phi) is 5.17. The fourth-order valence-electron chi connectivity index (χ4n) is 2.34. The van der Waals surface area contributed by atoms with Gasteiger partial charge in [0.2, 0.25) is 0 Å². The Hall–Kier alpha value is -0.780. The van der Waals surface area contributed by atoms with Crippen molar-refractivity contribution < 1.29 is 9.53 Å². The maximum Gasteiger partial charge on any atom is 0.408 e. The van der Waals surface area contributed by atoms with Crippen LogP contribution in [0.5, 0.6) is 0 Å². The van der Waals surface area contributed by atoms with Gasteiger partial charge in [0, 0.05) is 23.3 Å². The molecule has 2 rings (SSSR count). The molecule has 0 saturated heterocycles. The fraction of sp³-hybridized carbons (Fsp3) is 0.667. The molecule has 0 aromatic carbocycles. The molecular formula is C15H23ClN2O2S. The summed E-state index contributed by atoms with van der Waals surface area (Å²) in [6, 6.07) is 1.97. The summed E-state index contributed by atoms with van der Waals surface area (Å²) in [5, 5.41) is 9.15. The standard InChI is InChI=1S/C15H23ClN2O2S/c1-14(2,3)20-13(19)18-15(5-4-6-15)10-17-8-12-7-11(16)9-21-12/h7,9,17H,4-6,8,10H2,1-3H3,(H,18,19). The number of carbonyl (C=O) groups is 1. The van der Waals surface area contributed by atoms with E-state index in [2.05, 4.69) is 10.6 Å². The monoisotopic (exact) mass is 330 g/mol. The van der Waals surface area contributed by atoms with E-state index in [-0.39, 0.29) is 11.6 Å². The van der Waals surface area contributed by atoms with Gasteiger partial charge in [0.1, 0.15) is 5.60 Å². The molecule has 0 aliphatic heterocycles. The molecule has 1 aromatic heterocycles. The third kappa shape index (κ3) is 5.16. The number of amides is 1. The molecule has 0 bridgehead atoms. The zero-order chi connectivity index (χ0) is 15.5. The van der Waals surface area contributed by atoms with Crippen LogP contribution in [0.2, 0.25) is 5.02 Å². The average Bonchev–Trinajstić information content (AvgIpc) is 2.69. The van der Waals surface area contributed by atoms with E-state index < -0.39 is 5.60 Å². The highest BCUT2D eigenvalue weighted by Gasteiger charge is 2.39. The van der Waals surface area contributed by atoms with Gasteiger partial charge in [-0.25, -0.2) is 4.79 Å². The van der Waals surface area contributed by atoms with Crippen LogP contribution in [-0.4, -0.2) is 23.8 Å². The van der Waals surface area contributed by atoms with Crippen LogP contribution in [-0.2, 0) is 11.3 Å². The summed E-state index contributed by atoms with van der Waals surface area (Å²) in [4.78, 5) is 13.1. The van der Waals surface area contributed by atoms with Crippen LogP contribution >= 0.6 is 22.9 Å². The van der Waals surface area contributed by atoms with E-state index in [9.17, 15) is 4.79 Å². The van der Waals surface area contributed by atoms with Crippen LogP contribution in [0, 0.1) is 0 Å². The van der Waals surface area contributed by atoms with Crippen LogP contribution in [0.1, 0.15) is 44.9 Å². The van der Waals surface area contributed by atoms with E-state index in [1.165, 1.54) is 4.88 Å². The van der Waals surface area contributed by atoms with Crippen LogP contribution in [0.4, 0.5) is 4.79 Å². The van der Waals surface area contributed by atoms with Gasteiger partial charge < -0.3 is 15.4 Å². The number of rotatable bonds is 5. The number of carbonyl (C=O) groups excluding carboxylic acids is 1. The van der Waals surface area contributed by atoms with Crippen molar-refractivity contribution in [1.29, 1.82) is 0 Å². The third-order valence-corrected chi connectivity index (χ3v) is 4.75. The normalized spacial score (nSPS) is 17.1. The Morgan fingerprint density at radius 2 is 2.19 bits per heavy atom. The SMILES string of the molecule is CC(C)(C)OC(=O)NC1(CNCc2cc(Cl)cs2)CCC1. The number of hydrogen-bond donors (Lipinski definition) is 2. The first-order chi connectivity index (χ1) is 9.78. The molecule has 2 N–H and O–H groups in total. The maximum absolute atomic E-state index is 11.9. The molecule has 118 valence electrons. The van der Waals surface area contributed by atoms with E-state index in [1.54, 1.807) is 11.3 Å². The van der Waals surface area contributed by atoms with Gasteiger partial charge in [0.05, 0.1) is 10.6 Å². The van der Waals surface area contributed by atoms with Gasteiger partial charge in [-0.05, 0) is 46.1 Å². The van der Waals surface area contributed by atoms with Gasteiger partial charge in [-0.3, -0.25) is 0 Å². The van der Waals surface area contributed by atoms with Gasteiger partial charge >= 0.3 is 6.09 Å². The van der Waals surface area contributed by atoms with Gasteiger partial charge in [-0.15, -0.1) is 11.3 Å². The van der Waals surface area contributed by atoms with Crippen molar-refractivity contribution in [3.8, 4) is 0 Å². The lowest BCUT2D eigenvalue weighted by Crippen LogP contribution is -2.59. The van der Waals surface area contributed by atoms with Gasteiger partial charge in [0.25, 0.3) is 0 Å². The Balaban J connectivity index is 1.80. The number of hydrogen-bond acceptors (Lipinski definition) is 4. The first kappa shape index (κ1) is 16.6. The molecule has 0 unspecified atom stereocenters. The first-order valence-corrected chi connectivity index (χ1v) is 8.49. The minimum absolute atomic E-state index is 0.163. The van der Waals surface area contributed by atoms with Crippen LogP contribution < -0.4 is 10.6 Å². The van der Waals surface area contributed by atoms with E-state index in [0.29, 0.717) is 0 Å². The molecule has 1 aliphatic rings. The molecule has 0 radical (unpaired) electrons. The minimum atomic E-state index is -0.462. The lowest BCUT2D eigenvalue weighted by molar-refractivity contribution is 0.0382. The van der Waals surface area contributed by atoms with E-state index in [1.807, 2.05) is 32.2 Å². The molecule has 1 aromatic rings. The molecule has 0 atom stereocenters. The molecule has 1 aliphatic carbocycles. The van der Waals surface area contributed by atoms with Crippen LogP contribution in [0.25, 0.3) is 0 Å². The summed E-state index contributed by atoms with van der Waals surface area (Å²) >= 11 is 7.55. The number of ether oxygens (including phenoxy) is 1. The van der Waals surface area contributed by atoms with Crippen molar-refractivity contribution in [2.45, 2.75) is 57.7 Å². The van der Waals surface area contributed by atoms with E-state index in [0.717, 1.165) is 37.4 Å². The summed E-state index contributed by atoms with van der Waals surface area (Å²) in [7, 11) is 0. The number of thiophene rings is 1. The summed E-state index contributed by atoms with van der Waals surface area (Å²) in [5.74, 6) is 0.